The van der Waals surface area contributed by atoms with E-state index in [2.05, 4.69) is 31.4 Å². The molecule has 27 heavy (non-hydrogen) atoms. The number of rotatable bonds is 6. The van der Waals surface area contributed by atoms with Crippen molar-refractivity contribution in [3.63, 3.8) is 0 Å². The number of carbonyl (C=O) groups excluding carboxylic acids is 1. The molecule has 2 aromatic carbocycles. The molecule has 1 amide bonds. The van der Waals surface area contributed by atoms with Crippen molar-refractivity contribution in [1.29, 1.82) is 0 Å². The van der Waals surface area contributed by atoms with Gasteiger partial charge in [0.1, 0.15) is 5.82 Å². The second-order valence-electron chi connectivity index (χ2n) is 5.81. The number of nitrogens with zero attached hydrogens (tertiary/aromatic N) is 3. The molecule has 0 unspecified atom stereocenters. The molecule has 0 fully saturated rings. The summed E-state index contributed by atoms with van der Waals surface area (Å²) < 4.78 is 16.5. The Morgan fingerprint density at radius 1 is 1.22 bits per heavy atom. The predicted molar refractivity (Wildman–Crippen MR) is 109 cm³/mol. The van der Waals surface area contributed by atoms with Crippen molar-refractivity contribution in [2.45, 2.75) is 25.5 Å². The van der Waals surface area contributed by atoms with Crippen molar-refractivity contribution in [3.05, 3.63) is 58.3 Å². The summed E-state index contributed by atoms with van der Waals surface area (Å²) in [7, 11) is 0. The van der Waals surface area contributed by atoms with Crippen LogP contribution in [0.3, 0.4) is 0 Å². The van der Waals surface area contributed by atoms with Crippen molar-refractivity contribution >= 4 is 39.3 Å². The van der Waals surface area contributed by atoms with Crippen LogP contribution in [0.15, 0.2) is 52.1 Å². The molecule has 0 saturated heterocycles. The van der Waals surface area contributed by atoms with Gasteiger partial charge in [0, 0.05) is 27.8 Å². The molecule has 3 aromatic rings. The molecule has 5 nitrogen and oxygen atoms in total. The first kappa shape index (κ1) is 19.6. The molecule has 8 heteroatoms. The van der Waals surface area contributed by atoms with Gasteiger partial charge in [-0.3, -0.25) is 4.79 Å². The number of benzene rings is 2. The number of amides is 1. The van der Waals surface area contributed by atoms with E-state index in [1.54, 1.807) is 19.1 Å². The maximum Gasteiger partial charge on any atom is 0.234 e. The molecule has 0 saturated carbocycles. The molecular formula is C19H18BrFN4OS. The summed E-state index contributed by atoms with van der Waals surface area (Å²) in [6, 6.07) is 12.5. The van der Waals surface area contributed by atoms with Crippen LogP contribution in [0.2, 0.25) is 0 Å². The summed E-state index contributed by atoms with van der Waals surface area (Å²) in [4.78, 5) is 12.2. The molecule has 0 aliphatic heterocycles. The van der Waals surface area contributed by atoms with E-state index in [1.165, 1.54) is 17.8 Å². The molecule has 140 valence electrons. The Hall–Kier alpha value is -2.19. The third kappa shape index (κ3) is 4.56. The van der Waals surface area contributed by atoms with E-state index in [4.69, 9.17) is 0 Å². The minimum Gasteiger partial charge on any atom is -0.325 e. The number of hydrogen-bond donors (Lipinski definition) is 1. The average molecular weight is 449 g/mol. The van der Waals surface area contributed by atoms with E-state index in [1.807, 2.05) is 35.8 Å². The van der Waals surface area contributed by atoms with E-state index in [0.29, 0.717) is 23.0 Å². The molecule has 0 atom stereocenters. The summed E-state index contributed by atoms with van der Waals surface area (Å²) >= 11 is 4.72. The van der Waals surface area contributed by atoms with Gasteiger partial charge in [0.05, 0.1) is 5.75 Å². The maximum atomic E-state index is 13.6. The molecular weight excluding hydrogens is 431 g/mol. The van der Waals surface area contributed by atoms with Crippen LogP contribution in [-0.2, 0) is 11.3 Å². The molecule has 1 heterocycles. The zero-order valence-electron chi connectivity index (χ0n) is 14.9. The Labute approximate surface area is 169 Å². The number of nitrogens with one attached hydrogen (secondary N) is 1. The van der Waals surface area contributed by atoms with Crippen LogP contribution in [-0.4, -0.2) is 26.4 Å². The third-order valence-electron chi connectivity index (χ3n) is 4.01. The van der Waals surface area contributed by atoms with Crippen molar-refractivity contribution in [2.24, 2.45) is 0 Å². The first-order valence-corrected chi connectivity index (χ1v) is 10.1. The second-order valence-corrected chi connectivity index (χ2v) is 7.66. The third-order valence-corrected chi connectivity index (χ3v) is 5.51. The number of anilines is 1. The normalized spacial score (nSPS) is 10.8. The molecule has 1 N–H and O–H groups in total. The lowest BCUT2D eigenvalue weighted by atomic mass is 10.2. The van der Waals surface area contributed by atoms with Gasteiger partial charge in [-0.05, 0) is 38.1 Å². The first-order chi connectivity index (χ1) is 13.0. The van der Waals surface area contributed by atoms with Gasteiger partial charge in [0.2, 0.25) is 5.91 Å². The van der Waals surface area contributed by atoms with E-state index in [9.17, 15) is 9.18 Å². The Balaban J connectivity index is 1.70. The Morgan fingerprint density at radius 2 is 1.96 bits per heavy atom. The van der Waals surface area contributed by atoms with Crippen LogP contribution >= 0.6 is 27.7 Å². The van der Waals surface area contributed by atoms with Gasteiger partial charge >= 0.3 is 0 Å². The van der Waals surface area contributed by atoms with Crippen molar-refractivity contribution in [3.8, 4) is 11.4 Å². The highest BCUT2D eigenvalue weighted by atomic mass is 79.9. The topological polar surface area (TPSA) is 59.8 Å². The molecule has 0 radical (unpaired) electrons. The van der Waals surface area contributed by atoms with Crippen LogP contribution in [0.4, 0.5) is 10.1 Å². The number of aromatic nitrogens is 3. The van der Waals surface area contributed by atoms with Crippen LogP contribution in [0.5, 0.6) is 0 Å². The summed E-state index contributed by atoms with van der Waals surface area (Å²) in [6.45, 7) is 4.33. The SMILES string of the molecule is CCn1c(SCC(=O)Nc2cccc(F)c2C)nnc1-c1ccc(Br)cc1. The number of hydrogen-bond acceptors (Lipinski definition) is 4. The maximum absolute atomic E-state index is 13.6. The fraction of sp³-hybridized carbons (Fsp3) is 0.211. The van der Waals surface area contributed by atoms with E-state index in [0.717, 1.165) is 15.9 Å². The quantitative estimate of drug-likeness (QED) is 0.544. The minimum atomic E-state index is -0.342. The lowest BCUT2D eigenvalue weighted by molar-refractivity contribution is -0.113. The molecule has 0 spiro atoms. The predicted octanol–water partition coefficient (Wildman–Crippen LogP) is 4.91. The Kier molecular flexibility index (Phi) is 6.28. The highest BCUT2D eigenvalue weighted by Crippen LogP contribution is 2.25. The van der Waals surface area contributed by atoms with Gasteiger partial charge in [-0.1, -0.05) is 45.9 Å². The largest absolute Gasteiger partial charge is 0.325 e. The van der Waals surface area contributed by atoms with E-state index >= 15 is 0 Å². The zero-order chi connectivity index (χ0) is 19.4. The number of carbonyl (C=O) groups is 1. The minimum absolute atomic E-state index is 0.161. The van der Waals surface area contributed by atoms with Crippen LogP contribution in [0.1, 0.15) is 12.5 Å². The fourth-order valence-electron chi connectivity index (χ4n) is 2.55. The molecule has 1 aromatic heterocycles. The molecule has 3 rings (SSSR count). The average Bonchev–Trinajstić information content (AvgIpc) is 3.07. The highest BCUT2D eigenvalue weighted by molar-refractivity contribution is 9.10. The fourth-order valence-corrected chi connectivity index (χ4v) is 3.62. The van der Waals surface area contributed by atoms with E-state index < -0.39 is 0 Å². The smallest absolute Gasteiger partial charge is 0.234 e. The van der Waals surface area contributed by atoms with E-state index in [-0.39, 0.29) is 17.5 Å². The van der Waals surface area contributed by atoms with Crippen LogP contribution in [0.25, 0.3) is 11.4 Å². The lowest BCUT2D eigenvalue weighted by Gasteiger charge is -2.09. The monoisotopic (exact) mass is 448 g/mol. The summed E-state index contributed by atoms with van der Waals surface area (Å²) in [5.74, 6) is 0.359. The molecule has 0 aliphatic rings. The summed E-state index contributed by atoms with van der Waals surface area (Å²) in [5.41, 5.74) is 1.86. The standard InChI is InChI=1S/C19H18BrFN4OS/c1-3-25-18(13-7-9-14(20)10-8-13)23-24-19(25)27-11-17(26)22-16-6-4-5-15(21)12(16)2/h4-10H,3,11H2,1-2H3,(H,22,26). The van der Waals surface area contributed by atoms with Crippen molar-refractivity contribution in [2.75, 3.05) is 11.1 Å². The van der Waals surface area contributed by atoms with Gasteiger partial charge in [0.15, 0.2) is 11.0 Å². The Morgan fingerprint density at radius 3 is 2.67 bits per heavy atom. The van der Waals surface area contributed by atoms with Gasteiger partial charge in [-0.2, -0.15) is 0 Å². The summed E-state index contributed by atoms with van der Waals surface area (Å²) in [6.07, 6.45) is 0. The van der Waals surface area contributed by atoms with Crippen LogP contribution in [0, 0.1) is 12.7 Å². The van der Waals surface area contributed by atoms with Gasteiger partial charge in [0.25, 0.3) is 0 Å². The van der Waals surface area contributed by atoms with Gasteiger partial charge in [-0.25, -0.2) is 4.39 Å². The second kappa shape index (κ2) is 8.67. The van der Waals surface area contributed by atoms with Gasteiger partial charge in [-0.15, -0.1) is 10.2 Å². The number of thioether (sulfide) groups is 1. The van der Waals surface area contributed by atoms with Crippen molar-refractivity contribution < 1.29 is 9.18 Å². The molecule has 0 bridgehead atoms. The lowest BCUT2D eigenvalue weighted by Crippen LogP contribution is -2.15. The molecule has 0 aliphatic carbocycles. The number of halogens is 2. The van der Waals surface area contributed by atoms with Crippen LogP contribution < -0.4 is 5.32 Å². The summed E-state index contributed by atoms with van der Waals surface area (Å²) in [5, 5.41) is 11.9. The first-order valence-electron chi connectivity index (χ1n) is 8.36. The zero-order valence-corrected chi connectivity index (χ0v) is 17.3. The van der Waals surface area contributed by atoms with Crippen molar-refractivity contribution in [1.82, 2.24) is 14.8 Å². The Bertz CT molecular complexity index is 959. The highest BCUT2D eigenvalue weighted by Gasteiger charge is 2.15. The van der Waals surface area contributed by atoms with Gasteiger partial charge < -0.3 is 9.88 Å².